The summed E-state index contributed by atoms with van der Waals surface area (Å²) in [4.78, 5) is 27.5. The highest BCUT2D eigenvalue weighted by Gasteiger charge is 2.28. The lowest BCUT2D eigenvalue weighted by Gasteiger charge is -2.20. The Kier molecular flexibility index (Phi) is 7.56. The van der Waals surface area contributed by atoms with E-state index in [1.165, 1.54) is 30.3 Å². The molecule has 0 aliphatic heterocycles. The molecule has 2 unspecified atom stereocenters. The van der Waals surface area contributed by atoms with Gasteiger partial charge in [0.05, 0.1) is 17.9 Å². The molecule has 11 heteroatoms. The van der Waals surface area contributed by atoms with Gasteiger partial charge in [-0.1, -0.05) is 18.2 Å². The van der Waals surface area contributed by atoms with E-state index in [2.05, 4.69) is 15.0 Å². The van der Waals surface area contributed by atoms with Crippen LogP contribution in [-0.2, 0) is 11.2 Å². The highest BCUT2D eigenvalue weighted by molar-refractivity contribution is 5.85. The first-order valence-corrected chi connectivity index (χ1v) is 8.74. The van der Waals surface area contributed by atoms with Crippen LogP contribution in [0.2, 0.25) is 0 Å². The number of rotatable bonds is 8. The lowest BCUT2D eigenvalue weighted by Crippen LogP contribution is -2.48. The maximum atomic E-state index is 13.9. The molecule has 1 aromatic heterocycles. The Morgan fingerprint density at radius 1 is 1.17 bits per heavy atom. The van der Waals surface area contributed by atoms with E-state index in [1.54, 1.807) is 13.0 Å². The number of benzene rings is 1. The zero-order valence-electron chi connectivity index (χ0n) is 15.7. The van der Waals surface area contributed by atoms with Gasteiger partial charge >= 0.3 is 12.3 Å². The number of aromatic nitrogens is 1. The van der Waals surface area contributed by atoms with Gasteiger partial charge in [-0.15, -0.1) is 0 Å². The second-order valence-corrected chi connectivity index (χ2v) is 6.35. The van der Waals surface area contributed by atoms with E-state index in [0.29, 0.717) is 5.69 Å². The van der Waals surface area contributed by atoms with Crippen LogP contribution in [0.3, 0.4) is 0 Å². The molecule has 2 atom stereocenters. The molecule has 0 radical (unpaired) electrons. The zero-order valence-corrected chi connectivity index (χ0v) is 15.7. The normalized spacial score (nSPS) is 13.2. The lowest BCUT2D eigenvalue weighted by atomic mass is 10.0. The molecule has 0 saturated heterocycles. The van der Waals surface area contributed by atoms with E-state index in [9.17, 15) is 27.2 Å². The van der Waals surface area contributed by atoms with Gasteiger partial charge < -0.3 is 20.5 Å². The Bertz CT molecular complexity index is 875. The molecule has 0 aliphatic rings. The quantitative estimate of drug-likeness (QED) is 0.560. The summed E-state index contributed by atoms with van der Waals surface area (Å²) in [6.45, 7) is 0.0936. The summed E-state index contributed by atoms with van der Waals surface area (Å²) in [5, 5.41) is 13.6. The van der Waals surface area contributed by atoms with Crippen molar-refractivity contribution in [2.45, 2.75) is 31.6 Å². The highest BCUT2D eigenvalue weighted by atomic mass is 19.4. The fraction of sp³-hybridized carbons (Fsp3) is 0.316. The molecular formula is C19H19F4N3O4. The summed E-state index contributed by atoms with van der Waals surface area (Å²) in [5.41, 5.74) is 0.464. The van der Waals surface area contributed by atoms with Crippen molar-refractivity contribution in [3.8, 4) is 5.75 Å². The van der Waals surface area contributed by atoms with E-state index in [-0.39, 0.29) is 17.7 Å². The van der Waals surface area contributed by atoms with Crippen LogP contribution >= 0.6 is 0 Å². The monoisotopic (exact) mass is 429 g/mol. The molecule has 7 nitrogen and oxygen atoms in total. The third kappa shape index (κ3) is 7.22. The predicted octanol–water partition coefficient (Wildman–Crippen LogP) is 3.22. The summed E-state index contributed by atoms with van der Waals surface area (Å²) in [6, 6.07) is 6.32. The number of carbonyl (C=O) groups excluding carboxylic acids is 1. The molecule has 0 saturated carbocycles. The van der Waals surface area contributed by atoms with E-state index >= 15 is 0 Å². The Morgan fingerprint density at radius 3 is 2.43 bits per heavy atom. The highest BCUT2D eigenvalue weighted by Crippen LogP contribution is 2.19. The molecule has 3 N–H and O–H groups in total. The van der Waals surface area contributed by atoms with Crippen LogP contribution in [0, 0.1) is 5.82 Å². The maximum Gasteiger partial charge on any atom is 0.422 e. The Hall–Kier alpha value is -3.37. The van der Waals surface area contributed by atoms with E-state index in [1.807, 2.05) is 5.32 Å². The molecule has 2 rings (SSSR count). The Balaban J connectivity index is 2.03. The van der Waals surface area contributed by atoms with Gasteiger partial charge in [-0.2, -0.15) is 13.2 Å². The fourth-order valence-corrected chi connectivity index (χ4v) is 2.53. The van der Waals surface area contributed by atoms with Crippen LogP contribution in [0.15, 0.2) is 42.6 Å². The molecule has 1 aromatic carbocycles. The van der Waals surface area contributed by atoms with Crippen molar-refractivity contribution in [1.82, 2.24) is 15.6 Å². The molecule has 0 aliphatic carbocycles. The zero-order chi connectivity index (χ0) is 22.3. The lowest BCUT2D eigenvalue weighted by molar-refractivity contribution is -0.153. The second-order valence-electron chi connectivity index (χ2n) is 6.35. The van der Waals surface area contributed by atoms with Crippen molar-refractivity contribution >= 4 is 12.0 Å². The smallest absolute Gasteiger partial charge is 0.422 e. The number of nitrogens with zero attached hydrogens (tertiary/aromatic N) is 1. The van der Waals surface area contributed by atoms with Gasteiger partial charge in [-0.05, 0) is 30.7 Å². The van der Waals surface area contributed by atoms with E-state index in [4.69, 9.17) is 5.11 Å². The molecule has 0 bridgehead atoms. The van der Waals surface area contributed by atoms with Crippen LogP contribution in [0.1, 0.15) is 24.2 Å². The second kappa shape index (κ2) is 9.90. The Morgan fingerprint density at radius 2 is 1.87 bits per heavy atom. The molecule has 1 heterocycles. The average molecular weight is 429 g/mol. The van der Waals surface area contributed by atoms with Gasteiger partial charge in [0.25, 0.3) is 0 Å². The molecule has 0 fully saturated rings. The largest absolute Gasteiger partial charge is 0.483 e. The van der Waals surface area contributed by atoms with Gasteiger partial charge in [-0.3, -0.25) is 9.78 Å². The topological polar surface area (TPSA) is 101 Å². The summed E-state index contributed by atoms with van der Waals surface area (Å²) >= 11 is 0. The van der Waals surface area contributed by atoms with Gasteiger partial charge in [0.1, 0.15) is 17.6 Å². The van der Waals surface area contributed by atoms with Gasteiger partial charge in [-0.25, -0.2) is 9.18 Å². The third-order valence-electron chi connectivity index (χ3n) is 3.96. The summed E-state index contributed by atoms with van der Waals surface area (Å²) < 4.78 is 54.9. The number of hydrogen-bond acceptors (Lipinski definition) is 4. The van der Waals surface area contributed by atoms with E-state index in [0.717, 1.165) is 6.20 Å². The van der Waals surface area contributed by atoms with Gasteiger partial charge in [0.15, 0.2) is 6.61 Å². The number of nitrogens with one attached hydrogen (secondary N) is 2. The molecular weight excluding hydrogens is 410 g/mol. The summed E-state index contributed by atoms with van der Waals surface area (Å²) in [5.74, 6) is -1.39. The molecule has 2 amide bonds. The van der Waals surface area contributed by atoms with E-state index < -0.39 is 42.7 Å². The number of carbonyl (C=O) groups is 2. The minimum absolute atomic E-state index is 0.0976. The number of amides is 2. The van der Waals surface area contributed by atoms with Crippen LogP contribution in [-0.4, -0.2) is 40.9 Å². The van der Waals surface area contributed by atoms with Crippen molar-refractivity contribution in [2.24, 2.45) is 0 Å². The number of alkyl halides is 3. The first-order chi connectivity index (χ1) is 14.0. The first-order valence-electron chi connectivity index (χ1n) is 8.74. The van der Waals surface area contributed by atoms with Crippen molar-refractivity contribution in [1.29, 1.82) is 0 Å². The van der Waals surface area contributed by atoms with Crippen molar-refractivity contribution < 1.29 is 37.0 Å². The van der Waals surface area contributed by atoms with Crippen LogP contribution in [0.4, 0.5) is 22.4 Å². The van der Waals surface area contributed by atoms with Gasteiger partial charge in [0, 0.05) is 6.42 Å². The Labute approximate surface area is 169 Å². The minimum atomic E-state index is -4.48. The maximum absolute atomic E-state index is 13.9. The minimum Gasteiger partial charge on any atom is -0.483 e. The number of carboxylic acid groups (broad SMARTS) is 1. The van der Waals surface area contributed by atoms with Crippen LogP contribution < -0.4 is 15.4 Å². The third-order valence-corrected chi connectivity index (χ3v) is 3.96. The fourth-order valence-electron chi connectivity index (χ4n) is 2.53. The SMILES string of the molecule is CC(NC(=O)C(Cc1ccccc1F)NC(=O)O)c1ccc(OCC(F)(F)F)cn1. The number of ether oxygens (including phenoxy) is 1. The van der Waals surface area contributed by atoms with Crippen LogP contribution in [0.5, 0.6) is 5.75 Å². The molecule has 162 valence electrons. The molecule has 2 aromatic rings. The number of hydrogen-bond donors (Lipinski definition) is 3. The first kappa shape index (κ1) is 22.9. The van der Waals surface area contributed by atoms with Crippen molar-refractivity contribution in [3.05, 3.63) is 59.7 Å². The molecule has 0 spiro atoms. The summed E-state index contributed by atoms with van der Waals surface area (Å²) in [7, 11) is 0. The van der Waals surface area contributed by atoms with Crippen LogP contribution in [0.25, 0.3) is 0 Å². The number of pyridine rings is 1. The summed E-state index contributed by atoms with van der Waals surface area (Å²) in [6.07, 6.45) is -5.07. The number of halogens is 4. The van der Waals surface area contributed by atoms with Crippen molar-refractivity contribution in [2.75, 3.05) is 6.61 Å². The van der Waals surface area contributed by atoms with Gasteiger partial charge in [0.2, 0.25) is 5.91 Å². The average Bonchev–Trinajstić information content (AvgIpc) is 2.67. The molecule has 30 heavy (non-hydrogen) atoms. The standard InChI is InChI=1S/C19H19F4N3O4/c1-11(15-7-6-13(9-24-15)30-10-19(21,22)23)25-17(27)16(26-18(28)29)8-12-4-2-3-5-14(12)20/h2-7,9,11,16,26H,8,10H2,1H3,(H,25,27)(H,28,29). The predicted molar refractivity (Wildman–Crippen MR) is 97.4 cm³/mol. The van der Waals surface area contributed by atoms with Crippen molar-refractivity contribution in [3.63, 3.8) is 0 Å².